The van der Waals surface area contributed by atoms with Crippen LogP contribution in [0.1, 0.15) is 108 Å². The second kappa shape index (κ2) is 15.0. The Balaban J connectivity index is 0.000000424. The first-order chi connectivity index (χ1) is 22.9. The van der Waals surface area contributed by atoms with E-state index in [2.05, 4.69) is 37.0 Å². The van der Waals surface area contributed by atoms with Crippen molar-refractivity contribution in [2.75, 3.05) is 0 Å². The van der Waals surface area contributed by atoms with Gasteiger partial charge in [0.2, 0.25) is 0 Å². The number of pyridine rings is 1. The molecule has 1 aliphatic heterocycles. The smallest absolute Gasteiger partial charge is 0.336 e. The molecule has 10 heteroatoms. The molecule has 3 aromatic rings. The fourth-order valence-electron chi connectivity index (χ4n) is 6.87. The number of fused-ring (bicyclic) bond motifs is 2. The van der Waals surface area contributed by atoms with Gasteiger partial charge in [-0.2, -0.15) is 0 Å². The molecule has 0 saturated heterocycles. The molecule has 3 atom stereocenters. The highest BCUT2D eigenvalue weighted by atomic mass is 35.5. The normalized spacial score (nSPS) is 21.9. The number of hydrogen-bond acceptors (Lipinski definition) is 7. The summed E-state index contributed by atoms with van der Waals surface area (Å²) in [5, 5.41) is 48.8. The van der Waals surface area contributed by atoms with E-state index in [-0.39, 0.29) is 11.8 Å². The predicted octanol–water partition coefficient (Wildman–Crippen LogP) is 7.47. The molecule has 9 nitrogen and oxygen atoms in total. The van der Waals surface area contributed by atoms with Gasteiger partial charge in [-0.05, 0) is 111 Å². The van der Waals surface area contributed by atoms with E-state index in [1.165, 1.54) is 6.92 Å². The molecule has 0 radical (unpaired) electrons. The zero-order chi connectivity index (χ0) is 36.2. The first-order valence-electron chi connectivity index (χ1n) is 16.7. The van der Waals surface area contributed by atoms with Crippen molar-refractivity contribution in [3.63, 3.8) is 0 Å². The van der Waals surface area contributed by atoms with Crippen molar-refractivity contribution in [3.05, 3.63) is 99.8 Å². The molecule has 2 heterocycles. The van der Waals surface area contributed by atoms with E-state index in [1.54, 1.807) is 13.8 Å². The molecule has 0 spiro atoms. The number of aliphatic carboxylic acids is 2. The monoisotopic (exact) mass is 693 g/mol. The van der Waals surface area contributed by atoms with Gasteiger partial charge in [0.1, 0.15) is 12.4 Å². The summed E-state index contributed by atoms with van der Waals surface area (Å²) in [6, 6.07) is 17.7. The van der Waals surface area contributed by atoms with E-state index in [0.29, 0.717) is 17.5 Å². The summed E-state index contributed by atoms with van der Waals surface area (Å²) in [6.45, 7) is 9.82. The van der Waals surface area contributed by atoms with Gasteiger partial charge in [0.05, 0.1) is 23.3 Å². The third kappa shape index (κ3) is 8.70. The van der Waals surface area contributed by atoms with Crippen molar-refractivity contribution in [2.24, 2.45) is 11.3 Å². The SMILES string of the molecule is CC(C)(O)c1ccc2c(c1)/C(=C/CCC1CC[C@](O)(c3ccc(Cl)cc3)C(C)(C)C1)c1cccnc1CO2.CCC(O)(CC(=O)O)C(=O)O. The number of carbonyl (C=O) groups is 2. The minimum absolute atomic E-state index is 0.116. The van der Waals surface area contributed by atoms with Crippen molar-refractivity contribution in [2.45, 2.75) is 103 Å². The maximum Gasteiger partial charge on any atom is 0.336 e. The van der Waals surface area contributed by atoms with E-state index >= 15 is 0 Å². The Morgan fingerprint density at radius 2 is 1.76 bits per heavy atom. The maximum absolute atomic E-state index is 11.8. The third-order valence-electron chi connectivity index (χ3n) is 10.0. The molecule has 0 amide bonds. The highest BCUT2D eigenvalue weighted by Crippen LogP contribution is 2.53. The van der Waals surface area contributed by atoms with E-state index in [1.807, 2.05) is 48.7 Å². The van der Waals surface area contributed by atoms with Crippen LogP contribution in [0.5, 0.6) is 5.75 Å². The topological polar surface area (TPSA) is 157 Å². The number of aliphatic hydroxyl groups is 3. The fraction of sp³-hybridized carbons (Fsp3) is 0.462. The number of hydrogen-bond donors (Lipinski definition) is 5. The number of carboxylic acid groups (broad SMARTS) is 2. The number of aromatic nitrogens is 1. The van der Waals surface area contributed by atoms with Crippen LogP contribution in [0.25, 0.3) is 5.57 Å². The Morgan fingerprint density at radius 1 is 1.06 bits per heavy atom. The highest BCUT2D eigenvalue weighted by molar-refractivity contribution is 6.30. The Morgan fingerprint density at radius 3 is 2.33 bits per heavy atom. The number of allylic oxidation sites excluding steroid dienone is 1. The van der Waals surface area contributed by atoms with E-state index in [4.69, 9.17) is 31.7 Å². The standard InChI is InChI=1S/C33H38ClNO3.C6H10O5/c1-31(2)20-22(16-17-33(31,37)23-10-13-25(34)14-11-23)7-5-8-26-27-9-6-18-35-29(27)21-38-30-15-12-24(19-28(26)30)32(3,4)36;1-2-6(11,5(9)10)3-4(7)8/h6,8-15,18-19,22,36-37H,5,7,16-17,20-21H2,1-4H3;11H,2-3H2,1H3,(H,7,8)(H,9,10)/b26-8+;/t22?,33-;/m0./s1. The Kier molecular flexibility index (Phi) is 11.7. The van der Waals surface area contributed by atoms with Gasteiger partial charge >= 0.3 is 11.9 Å². The molecule has 1 saturated carbocycles. The molecule has 1 aliphatic carbocycles. The van der Waals surface area contributed by atoms with Crippen LogP contribution in [0.15, 0.2) is 66.9 Å². The lowest BCUT2D eigenvalue weighted by Gasteiger charge is -2.49. The van der Waals surface area contributed by atoms with Crippen LogP contribution < -0.4 is 4.74 Å². The summed E-state index contributed by atoms with van der Waals surface area (Å²) in [5.74, 6) is -1.49. The van der Waals surface area contributed by atoms with Crippen LogP contribution >= 0.6 is 11.6 Å². The van der Waals surface area contributed by atoms with Crippen molar-refractivity contribution >= 4 is 29.1 Å². The van der Waals surface area contributed by atoms with Crippen LogP contribution in [0.3, 0.4) is 0 Å². The largest absolute Gasteiger partial charge is 0.487 e. The average Bonchev–Trinajstić information content (AvgIpc) is 3.19. The molecular weight excluding hydrogens is 646 g/mol. The lowest BCUT2D eigenvalue weighted by Crippen LogP contribution is -2.46. The first-order valence-corrected chi connectivity index (χ1v) is 17.1. The van der Waals surface area contributed by atoms with Gasteiger partial charge in [0.15, 0.2) is 5.60 Å². The Labute approximate surface area is 293 Å². The van der Waals surface area contributed by atoms with Crippen LogP contribution in [-0.4, -0.2) is 48.1 Å². The number of carboxylic acids is 2. The quantitative estimate of drug-likeness (QED) is 0.153. The van der Waals surface area contributed by atoms with Crippen molar-refractivity contribution in [1.82, 2.24) is 4.98 Å². The third-order valence-corrected chi connectivity index (χ3v) is 10.3. The minimum atomic E-state index is -2.12. The van der Waals surface area contributed by atoms with Gasteiger partial charge in [0, 0.05) is 22.3 Å². The first kappa shape index (κ1) is 38.0. The van der Waals surface area contributed by atoms with E-state index in [9.17, 15) is 19.8 Å². The predicted molar refractivity (Wildman–Crippen MR) is 188 cm³/mol. The molecule has 2 unspecified atom stereocenters. The zero-order valence-corrected chi connectivity index (χ0v) is 29.6. The van der Waals surface area contributed by atoms with Crippen molar-refractivity contribution < 1.29 is 39.9 Å². The Bertz CT molecular complexity index is 1680. The summed E-state index contributed by atoms with van der Waals surface area (Å²) < 4.78 is 6.15. The average molecular weight is 694 g/mol. The van der Waals surface area contributed by atoms with Crippen LogP contribution in [-0.2, 0) is 27.4 Å². The van der Waals surface area contributed by atoms with E-state index in [0.717, 1.165) is 71.4 Å². The van der Waals surface area contributed by atoms with Gasteiger partial charge in [-0.15, -0.1) is 0 Å². The van der Waals surface area contributed by atoms with Crippen LogP contribution in [0.4, 0.5) is 0 Å². The van der Waals surface area contributed by atoms with Gasteiger partial charge < -0.3 is 30.3 Å². The van der Waals surface area contributed by atoms with Gasteiger partial charge in [-0.1, -0.05) is 62.7 Å². The lowest BCUT2D eigenvalue weighted by molar-refractivity contribution is -0.165. The number of rotatable bonds is 9. The second-order valence-electron chi connectivity index (χ2n) is 14.4. The van der Waals surface area contributed by atoms with Gasteiger partial charge in [-0.25, -0.2) is 4.79 Å². The fourth-order valence-corrected chi connectivity index (χ4v) is 7.00. The second-order valence-corrected chi connectivity index (χ2v) is 14.8. The molecule has 0 bridgehead atoms. The van der Waals surface area contributed by atoms with Crippen LogP contribution in [0.2, 0.25) is 5.02 Å². The minimum Gasteiger partial charge on any atom is -0.487 e. The van der Waals surface area contributed by atoms with Crippen molar-refractivity contribution in [1.29, 1.82) is 0 Å². The highest BCUT2D eigenvalue weighted by Gasteiger charge is 2.48. The molecule has 1 fully saturated rings. The van der Waals surface area contributed by atoms with E-state index < -0.39 is 35.2 Å². The zero-order valence-electron chi connectivity index (χ0n) is 28.9. The number of halogens is 1. The summed E-state index contributed by atoms with van der Waals surface area (Å²) in [6.07, 6.45) is 7.87. The lowest BCUT2D eigenvalue weighted by atomic mass is 9.59. The molecule has 2 aromatic carbocycles. The number of benzene rings is 2. The molecule has 264 valence electrons. The molecule has 5 N–H and O–H groups in total. The maximum atomic E-state index is 11.8. The molecule has 5 rings (SSSR count). The molecular formula is C39H48ClNO8. The summed E-state index contributed by atoms with van der Waals surface area (Å²) in [7, 11) is 0. The summed E-state index contributed by atoms with van der Waals surface area (Å²) in [5.41, 5.74) is 1.75. The number of ether oxygens (including phenoxy) is 1. The summed E-state index contributed by atoms with van der Waals surface area (Å²) in [4.78, 5) is 24.9. The summed E-state index contributed by atoms with van der Waals surface area (Å²) >= 11 is 6.10. The number of nitrogens with zero attached hydrogens (tertiary/aromatic N) is 1. The van der Waals surface area contributed by atoms with Gasteiger partial charge in [-0.3, -0.25) is 9.78 Å². The van der Waals surface area contributed by atoms with Crippen LogP contribution in [0, 0.1) is 11.3 Å². The molecule has 2 aliphatic rings. The molecule has 1 aromatic heterocycles. The van der Waals surface area contributed by atoms with Gasteiger partial charge in [0.25, 0.3) is 0 Å². The van der Waals surface area contributed by atoms with Crippen molar-refractivity contribution in [3.8, 4) is 5.75 Å². The molecule has 49 heavy (non-hydrogen) atoms. The Hall–Kier alpha value is -3.76.